The smallest absolute Gasteiger partial charge is 0.335 e. The fraction of sp³-hybridized carbons (Fsp3) is 0.286. The molecule has 1 N–H and O–H groups in total. The molecule has 0 unspecified atom stereocenters. The summed E-state index contributed by atoms with van der Waals surface area (Å²) in [4.78, 5) is 22.9. The summed E-state index contributed by atoms with van der Waals surface area (Å²) in [6, 6.07) is 3.56. The van der Waals surface area contributed by atoms with Crippen LogP contribution in [-0.4, -0.2) is 20.2 Å². The van der Waals surface area contributed by atoms with Gasteiger partial charge in [0, 0.05) is 18.9 Å². The Hall–Kier alpha value is -2.37. The molecule has 5 nitrogen and oxygen atoms in total. The average Bonchev–Trinajstić information content (AvgIpc) is 2.71. The number of imidazole rings is 1. The molecule has 6 heteroatoms. The maximum Gasteiger partial charge on any atom is 0.335 e. The molecule has 20 heavy (non-hydrogen) atoms. The lowest BCUT2D eigenvalue weighted by Crippen LogP contribution is -2.24. The molecule has 0 saturated carbocycles. The number of hydrogen-bond acceptors (Lipinski definition) is 2. The van der Waals surface area contributed by atoms with Gasteiger partial charge in [-0.15, -0.1) is 0 Å². The van der Waals surface area contributed by atoms with Crippen molar-refractivity contribution in [1.29, 1.82) is 0 Å². The van der Waals surface area contributed by atoms with Gasteiger partial charge in [-0.1, -0.05) is 6.92 Å². The Balaban J connectivity index is 2.30. The summed E-state index contributed by atoms with van der Waals surface area (Å²) in [6.07, 6.45) is 4.12. The van der Waals surface area contributed by atoms with Gasteiger partial charge in [-0.3, -0.25) is 9.13 Å². The van der Waals surface area contributed by atoms with E-state index in [9.17, 15) is 14.0 Å². The number of aromatic nitrogens is 2. The Morgan fingerprint density at radius 1 is 1.25 bits per heavy atom. The number of carboxylic acids is 1. The molecule has 2 rings (SSSR count). The van der Waals surface area contributed by atoms with Crippen LogP contribution >= 0.6 is 0 Å². The van der Waals surface area contributed by atoms with Crippen LogP contribution in [0.1, 0.15) is 29.3 Å². The van der Waals surface area contributed by atoms with Crippen molar-refractivity contribution in [2.24, 2.45) is 0 Å². The van der Waals surface area contributed by atoms with Crippen molar-refractivity contribution in [3.05, 3.63) is 58.0 Å². The second-order valence-corrected chi connectivity index (χ2v) is 4.56. The minimum atomic E-state index is -1.19. The van der Waals surface area contributed by atoms with E-state index in [0.29, 0.717) is 12.1 Å². The van der Waals surface area contributed by atoms with Crippen LogP contribution in [-0.2, 0) is 13.1 Å². The summed E-state index contributed by atoms with van der Waals surface area (Å²) in [7, 11) is 0. The van der Waals surface area contributed by atoms with Gasteiger partial charge in [0.05, 0.1) is 12.1 Å². The Morgan fingerprint density at radius 2 is 1.95 bits per heavy atom. The molecular formula is C14H15FN2O3. The summed E-state index contributed by atoms with van der Waals surface area (Å²) in [5.74, 6) is -1.82. The number of nitrogens with zero attached hydrogens (tertiary/aromatic N) is 2. The molecule has 0 aliphatic heterocycles. The lowest BCUT2D eigenvalue weighted by atomic mass is 10.1. The van der Waals surface area contributed by atoms with E-state index in [0.717, 1.165) is 12.5 Å². The van der Waals surface area contributed by atoms with Crippen molar-refractivity contribution in [2.45, 2.75) is 26.4 Å². The number of halogens is 1. The van der Waals surface area contributed by atoms with E-state index in [4.69, 9.17) is 5.11 Å². The zero-order chi connectivity index (χ0) is 14.7. The molecule has 1 aromatic carbocycles. The van der Waals surface area contributed by atoms with Gasteiger partial charge in [-0.05, 0) is 30.2 Å². The van der Waals surface area contributed by atoms with Crippen molar-refractivity contribution in [3.63, 3.8) is 0 Å². The van der Waals surface area contributed by atoms with E-state index < -0.39 is 11.8 Å². The third-order valence-electron chi connectivity index (χ3n) is 2.94. The van der Waals surface area contributed by atoms with Crippen LogP contribution in [0.25, 0.3) is 0 Å². The molecule has 0 atom stereocenters. The SMILES string of the molecule is CCCn1ccn(Cc2cc(F)cc(C(=O)O)c2)c1=O. The van der Waals surface area contributed by atoms with E-state index in [1.165, 1.54) is 16.7 Å². The zero-order valence-electron chi connectivity index (χ0n) is 11.0. The maximum absolute atomic E-state index is 13.4. The van der Waals surface area contributed by atoms with E-state index in [2.05, 4.69) is 0 Å². The Kier molecular flexibility index (Phi) is 4.02. The number of aromatic carboxylic acids is 1. The van der Waals surface area contributed by atoms with Gasteiger partial charge in [0.1, 0.15) is 5.82 Å². The van der Waals surface area contributed by atoms with E-state index in [1.54, 1.807) is 17.0 Å². The zero-order valence-corrected chi connectivity index (χ0v) is 11.0. The maximum atomic E-state index is 13.4. The van der Waals surface area contributed by atoms with Crippen LogP contribution in [0.3, 0.4) is 0 Å². The average molecular weight is 278 g/mol. The van der Waals surface area contributed by atoms with Crippen LogP contribution < -0.4 is 5.69 Å². The molecule has 0 spiro atoms. The van der Waals surface area contributed by atoms with E-state index in [-0.39, 0.29) is 17.8 Å². The van der Waals surface area contributed by atoms with E-state index >= 15 is 0 Å². The number of rotatable bonds is 5. The van der Waals surface area contributed by atoms with Gasteiger partial charge < -0.3 is 5.11 Å². The molecule has 0 radical (unpaired) electrons. The van der Waals surface area contributed by atoms with Crippen LogP contribution in [0.5, 0.6) is 0 Å². The highest BCUT2D eigenvalue weighted by atomic mass is 19.1. The molecule has 0 aliphatic rings. The summed E-state index contributed by atoms with van der Waals surface area (Å²) < 4.78 is 16.4. The first-order valence-electron chi connectivity index (χ1n) is 6.29. The first kappa shape index (κ1) is 14.0. The fourth-order valence-electron chi connectivity index (χ4n) is 2.05. The first-order valence-corrected chi connectivity index (χ1v) is 6.29. The number of benzene rings is 1. The van der Waals surface area contributed by atoms with Crippen molar-refractivity contribution >= 4 is 5.97 Å². The third-order valence-corrected chi connectivity index (χ3v) is 2.94. The largest absolute Gasteiger partial charge is 0.478 e. The van der Waals surface area contributed by atoms with Crippen LogP contribution in [0.4, 0.5) is 4.39 Å². The van der Waals surface area contributed by atoms with Gasteiger partial charge in [0.15, 0.2) is 0 Å². The molecule has 2 aromatic rings. The fourth-order valence-corrected chi connectivity index (χ4v) is 2.05. The summed E-state index contributed by atoms with van der Waals surface area (Å²) in [5.41, 5.74) is 0.132. The number of carboxylic acid groups (broad SMARTS) is 1. The minimum Gasteiger partial charge on any atom is -0.478 e. The van der Waals surface area contributed by atoms with Gasteiger partial charge >= 0.3 is 11.7 Å². The van der Waals surface area contributed by atoms with Crippen molar-refractivity contribution < 1.29 is 14.3 Å². The highest BCUT2D eigenvalue weighted by Crippen LogP contribution is 2.10. The second kappa shape index (κ2) is 5.73. The van der Waals surface area contributed by atoms with Gasteiger partial charge in [0.25, 0.3) is 0 Å². The standard InChI is InChI=1S/C14H15FN2O3/c1-2-3-16-4-5-17(14(16)20)9-10-6-11(13(18)19)8-12(15)7-10/h4-8H,2-3,9H2,1H3,(H,18,19). The van der Waals surface area contributed by atoms with Gasteiger partial charge in [-0.2, -0.15) is 0 Å². The minimum absolute atomic E-state index is 0.124. The van der Waals surface area contributed by atoms with E-state index in [1.807, 2.05) is 6.92 Å². The number of carbonyl (C=O) groups is 1. The molecule has 0 bridgehead atoms. The Morgan fingerprint density at radius 3 is 2.60 bits per heavy atom. The summed E-state index contributed by atoms with van der Waals surface area (Å²) >= 11 is 0. The van der Waals surface area contributed by atoms with Crippen LogP contribution in [0.15, 0.2) is 35.4 Å². The summed E-state index contributed by atoms with van der Waals surface area (Å²) in [6.45, 7) is 2.73. The number of hydrogen-bond donors (Lipinski definition) is 1. The lowest BCUT2D eigenvalue weighted by Gasteiger charge is -2.04. The highest BCUT2D eigenvalue weighted by Gasteiger charge is 2.09. The summed E-state index contributed by atoms with van der Waals surface area (Å²) in [5, 5.41) is 8.89. The monoisotopic (exact) mass is 278 g/mol. The normalized spacial score (nSPS) is 10.7. The van der Waals surface area contributed by atoms with Crippen LogP contribution in [0, 0.1) is 5.82 Å². The highest BCUT2D eigenvalue weighted by molar-refractivity contribution is 5.87. The molecule has 106 valence electrons. The molecule has 0 amide bonds. The number of aryl methyl sites for hydroxylation is 1. The van der Waals surface area contributed by atoms with Gasteiger partial charge in [0.2, 0.25) is 0 Å². The molecule has 1 heterocycles. The Labute approximate surface area is 114 Å². The first-order chi connectivity index (χ1) is 9.51. The lowest BCUT2D eigenvalue weighted by molar-refractivity contribution is 0.0696. The van der Waals surface area contributed by atoms with Gasteiger partial charge in [-0.25, -0.2) is 14.0 Å². The molecule has 0 saturated heterocycles. The molecule has 0 fully saturated rings. The second-order valence-electron chi connectivity index (χ2n) is 4.56. The molecular weight excluding hydrogens is 263 g/mol. The molecule has 1 aromatic heterocycles. The Bertz CT molecular complexity index is 688. The van der Waals surface area contributed by atoms with Crippen molar-refractivity contribution in [2.75, 3.05) is 0 Å². The van der Waals surface area contributed by atoms with Crippen LogP contribution in [0.2, 0.25) is 0 Å². The van der Waals surface area contributed by atoms with Crippen molar-refractivity contribution in [1.82, 2.24) is 9.13 Å². The van der Waals surface area contributed by atoms with Crippen molar-refractivity contribution in [3.8, 4) is 0 Å². The quantitative estimate of drug-likeness (QED) is 0.909. The third kappa shape index (κ3) is 2.96. The molecule has 0 aliphatic carbocycles. The predicted molar refractivity (Wildman–Crippen MR) is 71.4 cm³/mol. The predicted octanol–water partition coefficient (Wildman–Crippen LogP) is 1.95. The topological polar surface area (TPSA) is 64.2 Å².